The number of rotatable bonds is 4. The Labute approximate surface area is 160 Å². The van der Waals surface area contributed by atoms with Gasteiger partial charge in [0.15, 0.2) is 5.82 Å². The third-order valence-electron chi connectivity index (χ3n) is 2.99. The third kappa shape index (κ3) is 4.02. The summed E-state index contributed by atoms with van der Waals surface area (Å²) in [7, 11) is 0. The highest BCUT2D eigenvalue weighted by Gasteiger charge is 2.10. The van der Waals surface area contributed by atoms with E-state index in [1.54, 1.807) is 30.3 Å². The Kier molecular flexibility index (Phi) is 5.30. The average Bonchev–Trinajstić information content (AvgIpc) is 3.13. The lowest BCUT2D eigenvalue weighted by Gasteiger charge is -2.06. The van der Waals surface area contributed by atoms with Crippen molar-refractivity contribution in [1.29, 1.82) is 0 Å². The summed E-state index contributed by atoms with van der Waals surface area (Å²) in [5.74, 6) is 0.185. The monoisotopic (exact) mass is 440 g/mol. The van der Waals surface area contributed by atoms with Gasteiger partial charge >= 0.3 is 0 Å². The minimum atomic E-state index is -0.313. The number of H-pyrrole nitrogens is 1. The number of benzene rings is 1. The lowest BCUT2D eigenvalue weighted by Crippen LogP contribution is -2.21. The van der Waals surface area contributed by atoms with Gasteiger partial charge in [-0.1, -0.05) is 11.6 Å². The zero-order valence-electron chi connectivity index (χ0n) is 12.0. The molecular weight excluding hydrogens is 432 g/mol. The molecule has 0 fully saturated rings. The largest absolute Gasteiger partial charge is 0.268 e. The number of aromatic amines is 1. The summed E-state index contributed by atoms with van der Waals surface area (Å²) in [5, 5.41) is 7.44. The van der Waals surface area contributed by atoms with Gasteiger partial charge in [-0.25, -0.2) is 9.77 Å². The minimum absolute atomic E-state index is 0.292. The van der Waals surface area contributed by atoms with Crippen molar-refractivity contribution in [2.24, 2.45) is 0 Å². The molecular formula is C15H10BrClN4OS2. The fraction of sp³-hybridized carbons (Fsp3) is 0. The summed E-state index contributed by atoms with van der Waals surface area (Å²) in [6, 6.07) is 10.9. The van der Waals surface area contributed by atoms with Crippen LogP contribution >= 0.6 is 51.1 Å². The van der Waals surface area contributed by atoms with Crippen LogP contribution in [0.4, 0.5) is 0 Å². The molecule has 0 saturated carbocycles. The van der Waals surface area contributed by atoms with Crippen LogP contribution in [-0.2, 0) is 4.79 Å². The SMILES string of the molecule is O=C(/C=C/c1ccc(Br)s1)Nn1c(-c2ccc(Cl)cc2)n[nH]c1=S. The molecule has 0 aliphatic carbocycles. The number of thiophene rings is 1. The molecule has 0 bridgehead atoms. The predicted molar refractivity (Wildman–Crippen MR) is 103 cm³/mol. The smallest absolute Gasteiger partial charge is 0.262 e. The number of aromatic nitrogens is 3. The van der Waals surface area contributed by atoms with Crippen molar-refractivity contribution >= 4 is 63.1 Å². The van der Waals surface area contributed by atoms with Crippen LogP contribution < -0.4 is 5.43 Å². The molecule has 5 nitrogen and oxygen atoms in total. The molecule has 3 rings (SSSR count). The maximum absolute atomic E-state index is 12.1. The number of nitrogens with zero attached hydrogens (tertiary/aromatic N) is 2. The molecule has 0 atom stereocenters. The molecule has 24 heavy (non-hydrogen) atoms. The van der Waals surface area contributed by atoms with Crippen LogP contribution in [0.2, 0.25) is 5.02 Å². The average molecular weight is 442 g/mol. The van der Waals surface area contributed by atoms with Gasteiger partial charge in [-0.05, 0) is 70.6 Å². The Hall–Kier alpha value is -1.74. The van der Waals surface area contributed by atoms with Gasteiger partial charge in [0.1, 0.15) is 0 Å². The first kappa shape index (κ1) is 17.1. The van der Waals surface area contributed by atoms with Crippen LogP contribution in [0.5, 0.6) is 0 Å². The molecule has 0 saturated heterocycles. The number of halogens is 2. The predicted octanol–water partition coefficient (Wildman–Crippen LogP) is 4.87. The van der Waals surface area contributed by atoms with E-state index >= 15 is 0 Å². The molecule has 2 N–H and O–H groups in total. The fourth-order valence-electron chi connectivity index (χ4n) is 1.92. The number of carbonyl (C=O) groups is 1. The van der Waals surface area contributed by atoms with Crippen molar-refractivity contribution in [2.75, 3.05) is 5.43 Å². The van der Waals surface area contributed by atoms with Gasteiger partial charge in [-0.3, -0.25) is 10.2 Å². The first-order valence-electron chi connectivity index (χ1n) is 6.71. The highest BCUT2D eigenvalue weighted by molar-refractivity contribution is 9.11. The number of hydrogen-bond donors (Lipinski definition) is 2. The van der Waals surface area contributed by atoms with E-state index < -0.39 is 0 Å². The van der Waals surface area contributed by atoms with Crippen LogP contribution in [0.3, 0.4) is 0 Å². The van der Waals surface area contributed by atoms with Crippen LogP contribution in [0.1, 0.15) is 4.88 Å². The Balaban J connectivity index is 1.81. The van der Waals surface area contributed by atoms with Crippen LogP contribution in [0.15, 0.2) is 46.3 Å². The van der Waals surface area contributed by atoms with E-state index in [9.17, 15) is 4.79 Å². The van der Waals surface area contributed by atoms with Crippen molar-refractivity contribution in [1.82, 2.24) is 14.9 Å². The van der Waals surface area contributed by atoms with E-state index in [1.165, 1.54) is 22.1 Å². The minimum Gasteiger partial charge on any atom is -0.268 e. The van der Waals surface area contributed by atoms with E-state index in [2.05, 4.69) is 31.6 Å². The van der Waals surface area contributed by atoms with Gasteiger partial charge < -0.3 is 0 Å². The first-order valence-corrected chi connectivity index (χ1v) is 9.10. The standard InChI is InChI=1S/C15H10BrClN4OS2/c16-12-7-5-11(24-12)6-8-13(22)20-21-14(18-19-15(21)23)9-1-3-10(17)4-2-9/h1-8H,(H,19,23)(H,20,22)/b8-6+. The Morgan fingerprint density at radius 2 is 2.08 bits per heavy atom. The lowest BCUT2D eigenvalue weighted by molar-refractivity contribution is -0.112. The van der Waals surface area contributed by atoms with Crippen LogP contribution in [0, 0.1) is 4.77 Å². The number of carbonyl (C=O) groups excluding carboxylic acids is 1. The first-order chi connectivity index (χ1) is 11.5. The molecule has 0 radical (unpaired) electrons. The fourth-order valence-corrected chi connectivity index (χ4v) is 3.55. The van der Waals surface area contributed by atoms with E-state index in [1.807, 2.05) is 12.1 Å². The third-order valence-corrected chi connectivity index (χ3v) is 5.10. The maximum atomic E-state index is 12.1. The molecule has 0 aliphatic heterocycles. The van der Waals surface area contributed by atoms with Gasteiger partial charge in [0.25, 0.3) is 5.91 Å². The second-order valence-electron chi connectivity index (χ2n) is 4.65. The quantitative estimate of drug-likeness (QED) is 0.448. The Morgan fingerprint density at radius 3 is 2.75 bits per heavy atom. The Bertz CT molecular complexity index is 959. The van der Waals surface area contributed by atoms with E-state index in [0.717, 1.165) is 14.2 Å². The van der Waals surface area contributed by atoms with Gasteiger partial charge in [-0.15, -0.1) is 11.3 Å². The van der Waals surface area contributed by atoms with Crippen molar-refractivity contribution in [2.45, 2.75) is 0 Å². The summed E-state index contributed by atoms with van der Waals surface area (Å²) in [5.41, 5.74) is 3.48. The molecule has 2 heterocycles. The Morgan fingerprint density at radius 1 is 1.33 bits per heavy atom. The van der Waals surface area contributed by atoms with Crippen LogP contribution in [-0.4, -0.2) is 20.8 Å². The molecule has 122 valence electrons. The highest BCUT2D eigenvalue weighted by Crippen LogP contribution is 2.23. The molecule has 3 aromatic rings. The van der Waals surface area contributed by atoms with Crippen molar-refractivity contribution in [3.63, 3.8) is 0 Å². The maximum Gasteiger partial charge on any atom is 0.262 e. The number of nitrogens with one attached hydrogen (secondary N) is 2. The van der Waals surface area contributed by atoms with E-state index in [-0.39, 0.29) is 5.91 Å². The molecule has 2 aromatic heterocycles. The van der Waals surface area contributed by atoms with Gasteiger partial charge in [0, 0.05) is 21.5 Å². The summed E-state index contributed by atoms with van der Waals surface area (Å²) < 4.78 is 2.72. The topological polar surface area (TPSA) is 62.7 Å². The number of amides is 1. The molecule has 0 unspecified atom stereocenters. The molecule has 0 aliphatic rings. The van der Waals surface area contributed by atoms with Gasteiger partial charge in [-0.2, -0.15) is 5.10 Å². The molecule has 0 spiro atoms. The molecule has 1 amide bonds. The van der Waals surface area contributed by atoms with E-state index in [4.69, 9.17) is 23.8 Å². The molecule has 9 heteroatoms. The van der Waals surface area contributed by atoms with Crippen LogP contribution in [0.25, 0.3) is 17.5 Å². The van der Waals surface area contributed by atoms with E-state index in [0.29, 0.717) is 15.6 Å². The zero-order valence-corrected chi connectivity index (χ0v) is 16.0. The van der Waals surface area contributed by atoms with Crippen molar-refractivity contribution in [3.8, 4) is 11.4 Å². The number of hydrogen-bond acceptors (Lipinski definition) is 4. The van der Waals surface area contributed by atoms with Crippen molar-refractivity contribution in [3.05, 3.63) is 60.9 Å². The second kappa shape index (κ2) is 7.43. The molecule has 1 aromatic carbocycles. The van der Waals surface area contributed by atoms with Gasteiger partial charge in [0.05, 0.1) is 3.79 Å². The summed E-state index contributed by atoms with van der Waals surface area (Å²) in [6.07, 6.45) is 3.18. The summed E-state index contributed by atoms with van der Waals surface area (Å²) in [6.45, 7) is 0. The summed E-state index contributed by atoms with van der Waals surface area (Å²) in [4.78, 5) is 13.1. The zero-order chi connectivity index (χ0) is 17.1. The summed E-state index contributed by atoms with van der Waals surface area (Å²) >= 11 is 16.0. The second-order valence-corrected chi connectivity index (χ2v) is 7.96. The normalized spacial score (nSPS) is 11.1. The van der Waals surface area contributed by atoms with Crippen molar-refractivity contribution < 1.29 is 4.79 Å². The van der Waals surface area contributed by atoms with Gasteiger partial charge in [0.2, 0.25) is 4.77 Å². The lowest BCUT2D eigenvalue weighted by atomic mass is 10.2. The highest BCUT2D eigenvalue weighted by atomic mass is 79.9.